The van der Waals surface area contributed by atoms with Crippen LogP contribution in [-0.2, 0) is 41.1 Å². The summed E-state index contributed by atoms with van der Waals surface area (Å²) in [6, 6.07) is 13.6. The average molecular weight is 549 g/mol. The molecule has 2 rings (SSSR count). The molecule has 0 aromatic heterocycles. The fraction of sp³-hybridized carbons (Fsp3) is 0.300. The largest absolute Gasteiger partial charge is 0.480 e. The van der Waals surface area contributed by atoms with Crippen LogP contribution in [0.15, 0.2) is 60.7 Å². The summed E-state index contributed by atoms with van der Waals surface area (Å²) in [4.78, 5) is 23.0. The molecule has 0 saturated carbocycles. The van der Waals surface area contributed by atoms with E-state index in [0.29, 0.717) is 11.1 Å². The molecule has 0 aliphatic heterocycles. The first-order valence-electron chi connectivity index (χ1n) is 9.75. The Morgan fingerprint density at radius 3 is 1.29 bits per heavy atom. The molecule has 0 spiro atoms. The van der Waals surface area contributed by atoms with Gasteiger partial charge in [-0.2, -0.15) is 9.44 Å². The highest BCUT2D eigenvalue weighted by molar-refractivity contribution is 8.76. The number of hydrogen-bond acceptors (Lipinski definition) is 8. The van der Waals surface area contributed by atoms with Crippen LogP contribution >= 0.6 is 21.6 Å². The second-order valence-corrected chi connectivity index (χ2v) is 13.1. The molecule has 0 radical (unpaired) electrons. The van der Waals surface area contributed by atoms with E-state index >= 15 is 0 Å². The summed E-state index contributed by atoms with van der Waals surface area (Å²) in [7, 11) is -6.03. The minimum Gasteiger partial charge on any atom is -0.480 e. The Kier molecular flexibility index (Phi) is 10.9. The van der Waals surface area contributed by atoms with Crippen LogP contribution in [0.5, 0.6) is 0 Å². The predicted molar refractivity (Wildman–Crippen MR) is 132 cm³/mol. The van der Waals surface area contributed by atoms with Crippen molar-refractivity contribution < 1.29 is 36.6 Å². The fourth-order valence-electron chi connectivity index (χ4n) is 2.65. The van der Waals surface area contributed by atoms with Crippen molar-refractivity contribution in [2.75, 3.05) is 11.5 Å². The van der Waals surface area contributed by atoms with Gasteiger partial charge < -0.3 is 10.2 Å². The summed E-state index contributed by atoms with van der Waals surface area (Å²) in [6.45, 7) is 0. The molecule has 34 heavy (non-hydrogen) atoms. The molecule has 0 heterocycles. The summed E-state index contributed by atoms with van der Waals surface area (Å²) in [6.07, 6.45) is 0. The van der Waals surface area contributed by atoms with Crippen molar-refractivity contribution in [3.05, 3.63) is 71.8 Å². The zero-order valence-corrected chi connectivity index (χ0v) is 21.0. The fourth-order valence-corrected chi connectivity index (χ4v) is 7.83. The lowest BCUT2D eigenvalue weighted by Crippen LogP contribution is -2.43. The van der Waals surface area contributed by atoms with Gasteiger partial charge in [0.15, 0.2) is 0 Å². The van der Waals surface area contributed by atoms with Gasteiger partial charge in [0.2, 0.25) is 20.0 Å². The Balaban J connectivity index is 1.88. The number of aliphatic carboxylic acids is 2. The lowest BCUT2D eigenvalue weighted by molar-refractivity contribution is -0.139. The normalized spacial score (nSPS) is 13.8. The van der Waals surface area contributed by atoms with E-state index in [1.807, 2.05) is 0 Å². The lowest BCUT2D eigenvalue weighted by Gasteiger charge is -2.16. The van der Waals surface area contributed by atoms with Crippen LogP contribution in [0.25, 0.3) is 0 Å². The van der Waals surface area contributed by atoms with E-state index < -0.39 is 44.1 Å². The van der Waals surface area contributed by atoms with Crippen molar-refractivity contribution >= 4 is 53.6 Å². The SMILES string of the molecule is O=C(O)[C@H](CSSC[C@H](NS(=O)(=O)Cc1ccccc1)C(=O)O)NS(=O)(=O)Cc1ccccc1. The van der Waals surface area contributed by atoms with Crippen molar-refractivity contribution in [2.24, 2.45) is 0 Å². The van der Waals surface area contributed by atoms with Gasteiger partial charge in [-0.3, -0.25) is 9.59 Å². The van der Waals surface area contributed by atoms with Crippen LogP contribution in [0.1, 0.15) is 11.1 Å². The predicted octanol–water partition coefficient (Wildman–Crippen LogP) is 1.51. The molecule has 0 bridgehead atoms. The molecule has 14 heteroatoms. The van der Waals surface area contributed by atoms with Gasteiger partial charge in [0.1, 0.15) is 12.1 Å². The zero-order chi connectivity index (χ0) is 25.2. The van der Waals surface area contributed by atoms with Crippen LogP contribution in [0.4, 0.5) is 0 Å². The van der Waals surface area contributed by atoms with Crippen LogP contribution in [0, 0.1) is 0 Å². The molecule has 10 nitrogen and oxygen atoms in total. The molecule has 0 aliphatic carbocycles. The molecular weight excluding hydrogens is 524 g/mol. The van der Waals surface area contributed by atoms with Crippen molar-refractivity contribution in [1.29, 1.82) is 0 Å². The number of rotatable bonds is 15. The van der Waals surface area contributed by atoms with Gasteiger partial charge in [0.25, 0.3) is 0 Å². The Bertz CT molecular complexity index is 1070. The monoisotopic (exact) mass is 548 g/mol. The molecule has 0 amide bonds. The Morgan fingerprint density at radius 2 is 1.00 bits per heavy atom. The number of carboxylic acids is 2. The van der Waals surface area contributed by atoms with Gasteiger partial charge in [0, 0.05) is 11.5 Å². The van der Waals surface area contributed by atoms with Crippen LogP contribution < -0.4 is 9.44 Å². The quantitative estimate of drug-likeness (QED) is 0.189. The topological polar surface area (TPSA) is 167 Å². The van der Waals surface area contributed by atoms with E-state index in [-0.39, 0.29) is 23.0 Å². The van der Waals surface area contributed by atoms with Crippen molar-refractivity contribution in [3.8, 4) is 0 Å². The highest BCUT2D eigenvalue weighted by Gasteiger charge is 2.27. The second kappa shape index (κ2) is 13.1. The molecule has 186 valence electrons. The molecule has 2 aromatic carbocycles. The summed E-state index contributed by atoms with van der Waals surface area (Å²) in [5.41, 5.74) is 0.988. The summed E-state index contributed by atoms with van der Waals surface area (Å²) < 4.78 is 53.5. The maximum atomic E-state index is 12.3. The van der Waals surface area contributed by atoms with E-state index in [2.05, 4.69) is 9.44 Å². The first-order valence-corrected chi connectivity index (χ1v) is 15.5. The summed E-state index contributed by atoms with van der Waals surface area (Å²) in [5, 5.41) is 18.7. The van der Waals surface area contributed by atoms with E-state index in [9.17, 15) is 36.6 Å². The highest BCUT2D eigenvalue weighted by atomic mass is 33.1. The number of benzene rings is 2. The van der Waals surface area contributed by atoms with Crippen molar-refractivity contribution in [2.45, 2.75) is 23.6 Å². The standard InChI is InChI=1S/C20H24N2O8S4/c23-19(24)17(21-33(27,28)13-15-7-3-1-4-8-15)11-31-32-12-18(20(25)26)22-34(29,30)14-16-9-5-2-6-10-16/h1-10,17-18,21-22H,11-14H2,(H,23,24)(H,25,26)/t17-,18-/m0/s1. The number of carbonyl (C=O) groups is 2. The third-order valence-electron chi connectivity index (χ3n) is 4.19. The van der Waals surface area contributed by atoms with E-state index in [0.717, 1.165) is 21.6 Å². The Hall–Kier alpha value is -2.10. The molecule has 2 atom stereocenters. The maximum Gasteiger partial charge on any atom is 0.322 e. The van der Waals surface area contributed by atoms with Gasteiger partial charge in [-0.1, -0.05) is 82.3 Å². The zero-order valence-electron chi connectivity index (χ0n) is 17.7. The van der Waals surface area contributed by atoms with Crippen LogP contribution in [0.2, 0.25) is 0 Å². The molecule has 4 N–H and O–H groups in total. The Morgan fingerprint density at radius 1 is 0.676 bits per heavy atom. The first-order chi connectivity index (χ1) is 16.0. The molecule has 2 aromatic rings. The van der Waals surface area contributed by atoms with E-state index in [4.69, 9.17) is 0 Å². The molecule has 0 saturated heterocycles. The molecule has 0 fully saturated rings. The maximum absolute atomic E-state index is 12.3. The van der Waals surface area contributed by atoms with Crippen LogP contribution in [-0.4, -0.2) is 62.6 Å². The van der Waals surface area contributed by atoms with Gasteiger partial charge in [-0.05, 0) is 11.1 Å². The first kappa shape index (κ1) is 28.1. The Labute approximate surface area is 206 Å². The second-order valence-electron chi connectivity index (χ2n) is 7.08. The van der Waals surface area contributed by atoms with Crippen molar-refractivity contribution in [1.82, 2.24) is 9.44 Å². The molecule has 0 aliphatic rings. The minimum absolute atomic E-state index is 0.197. The number of carboxylic acid groups (broad SMARTS) is 2. The lowest BCUT2D eigenvalue weighted by atomic mass is 10.2. The minimum atomic E-state index is -3.94. The summed E-state index contributed by atoms with van der Waals surface area (Å²) >= 11 is 0. The third-order valence-corrected chi connectivity index (χ3v) is 9.33. The number of hydrogen-bond donors (Lipinski definition) is 4. The highest BCUT2D eigenvalue weighted by Crippen LogP contribution is 2.24. The van der Waals surface area contributed by atoms with Gasteiger partial charge in [0.05, 0.1) is 11.5 Å². The summed E-state index contributed by atoms with van der Waals surface area (Å²) in [5.74, 6) is -3.95. The van der Waals surface area contributed by atoms with Gasteiger partial charge >= 0.3 is 11.9 Å². The van der Waals surface area contributed by atoms with E-state index in [1.165, 1.54) is 0 Å². The average Bonchev–Trinajstić information content (AvgIpc) is 2.75. The molecule has 0 unspecified atom stereocenters. The van der Waals surface area contributed by atoms with E-state index in [1.54, 1.807) is 60.7 Å². The van der Waals surface area contributed by atoms with Crippen LogP contribution in [0.3, 0.4) is 0 Å². The number of sulfonamides is 2. The van der Waals surface area contributed by atoms with Gasteiger partial charge in [-0.15, -0.1) is 0 Å². The molecular formula is C20H24N2O8S4. The third kappa shape index (κ3) is 10.4. The smallest absolute Gasteiger partial charge is 0.322 e. The van der Waals surface area contributed by atoms with Crippen molar-refractivity contribution in [3.63, 3.8) is 0 Å². The van der Waals surface area contributed by atoms with Gasteiger partial charge in [-0.25, -0.2) is 16.8 Å². The number of nitrogens with one attached hydrogen (secondary N) is 2.